The van der Waals surface area contributed by atoms with E-state index in [9.17, 15) is 4.79 Å². The van der Waals surface area contributed by atoms with Crippen LogP contribution in [0.5, 0.6) is 0 Å². The van der Waals surface area contributed by atoms with Gasteiger partial charge in [-0.2, -0.15) is 0 Å². The van der Waals surface area contributed by atoms with Gasteiger partial charge >= 0.3 is 0 Å². The van der Waals surface area contributed by atoms with Crippen LogP contribution in [0, 0.1) is 5.92 Å². The molecule has 7 nitrogen and oxygen atoms in total. The van der Waals surface area contributed by atoms with Crippen LogP contribution in [0.25, 0.3) is 11.3 Å². The monoisotopic (exact) mass is 441 g/mol. The summed E-state index contributed by atoms with van der Waals surface area (Å²) in [4.78, 5) is 14.1. The Morgan fingerprint density at radius 2 is 1.94 bits per heavy atom. The van der Waals surface area contributed by atoms with E-state index in [0.717, 1.165) is 61.3 Å². The fourth-order valence-corrected chi connectivity index (χ4v) is 3.85. The van der Waals surface area contributed by atoms with Crippen LogP contribution in [0.2, 0.25) is 5.02 Å². The Hall–Kier alpha value is -2.64. The summed E-state index contributed by atoms with van der Waals surface area (Å²) in [6, 6.07) is 11.7. The Labute approximate surface area is 187 Å². The zero-order chi connectivity index (χ0) is 21.8. The SMILES string of the molecule is CC(C)C(=O)NCCc1nnc2n1CCN(Cc1ccc(-c3ccc(Cl)cc3)o1)CC2. The number of nitrogens with zero attached hydrogens (tertiary/aromatic N) is 4. The first-order valence-electron chi connectivity index (χ1n) is 10.8. The van der Waals surface area contributed by atoms with Gasteiger partial charge in [-0.1, -0.05) is 25.4 Å². The van der Waals surface area contributed by atoms with Gasteiger partial charge in [-0.3, -0.25) is 9.69 Å². The summed E-state index contributed by atoms with van der Waals surface area (Å²) in [5, 5.41) is 12.4. The van der Waals surface area contributed by atoms with E-state index in [2.05, 4.69) is 25.0 Å². The number of carbonyl (C=O) groups excluding carboxylic acids is 1. The Balaban J connectivity index is 1.33. The van der Waals surface area contributed by atoms with Crippen molar-refractivity contribution in [3.63, 3.8) is 0 Å². The molecule has 3 heterocycles. The van der Waals surface area contributed by atoms with Gasteiger partial charge in [0.05, 0.1) is 6.54 Å². The third-order valence-corrected chi connectivity index (χ3v) is 5.79. The Morgan fingerprint density at radius 1 is 1.13 bits per heavy atom. The van der Waals surface area contributed by atoms with Gasteiger partial charge in [0.1, 0.15) is 23.2 Å². The Morgan fingerprint density at radius 3 is 2.71 bits per heavy atom. The van der Waals surface area contributed by atoms with Crippen LogP contribution in [-0.4, -0.2) is 45.2 Å². The molecule has 1 aliphatic heterocycles. The molecule has 0 spiro atoms. The van der Waals surface area contributed by atoms with Crippen LogP contribution in [0.1, 0.15) is 31.3 Å². The van der Waals surface area contributed by atoms with Crippen molar-refractivity contribution in [2.24, 2.45) is 5.92 Å². The number of aromatic nitrogens is 3. The lowest BCUT2D eigenvalue weighted by Gasteiger charge is -2.18. The summed E-state index contributed by atoms with van der Waals surface area (Å²) in [6.07, 6.45) is 1.53. The van der Waals surface area contributed by atoms with Gasteiger partial charge in [-0.15, -0.1) is 10.2 Å². The second kappa shape index (κ2) is 9.66. The number of nitrogens with one attached hydrogen (secondary N) is 1. The van der Waals surface area contributed by atoms with Crippen LogP contribution in [-0.2, 0) is 30.7 Å². The molecule has 8 heteroatoms. The molecule has 31 heavy (non-hydrogen) atoms. The molecule has 1 N–H and O–H groups in total. The van der Waals surface area contributed by atoms with Crippen molar-refractivity contribution >= 4 is 17.5 Å². The second-order valence-corrected chi connectivity index (χ2v) is 8.62. The first-order chi connectivity index (χ1) is 15.0. The molecule has 3 aromatic rings. The van der Waals surface area contributed by atoms with Crippen molar-refractivity contribution in [3.05, 3.63) is 58.8 Å². The zero-order valence-corrected chi connectivity index (χ0v) is 18.7. The third kappa shape index (κ3) is 5.35. The lowest BCUT2D eigenvalue weighted by molar-refractivity contribution is -0.123. The van der Waals surface area contributed by atoms with E-state index in [1.807, 2.05) is 50.2 Å². The Kier molecular flexibility index (Phi) is 6.73. The predicted octanol–water partition coefficient (Wildman–Crippen LogP) is 3.56. The number of benzene rings is 1. The number of furan rings is 1. The van der Waals surface area contributed by atoms with Gasteiger partial charge in [0.25, 0.3) is 0 Å². The van der Waals surface area contributed by atoms with Crippen LogP contribution >= 0.6 is 11.6 Å². The number of carbonyl (C=O) groups is 1. The molecule has 0 radical (unpaired) electrons. The molecular formula is C23H28ClN5O2. The van der Waals surface area contributed by atoms with E-state index < -0.39 is 0 Å². The highest BCUT2D eigenvalue weighted by Gasteiger charge is 2.20. The summed E-state index contributed by atoms with van der Waals surface area (Å²) in [6.45, 7) is 7.76. The van der Waals surface area contributed by atoms with Crippen molar-refractivity contribution in [2.45, 2.75) is 39.8 Å². The summed E-state index contributed by atoms with van der Waals surface area (Å²) in [5.41, 5.74) is 1.02. The van der Waals surface area contributed by atoms with Crippen LogP contribution in [0.15, 0.2) is 40.8 Å². The molecular weight excluding hydrogens is 414 g/mol. The van der Waals surface area contributed by atoms with Crippen molar-refractivity contribution in [1.82, 2.24) is 25.0 Å². The van der Waals surface area contributed by atoms with Gasteiger partial charge in [0.2, 0.25) is 5.91 Å². The van der Waals surface area contributed by atoms with E-state index in [0.29, 0.717) is 18.0 Å². The number of hydrogen-bond acceptors (Lipinski definition) is 5. The molecule has 2 aromatic heterocycles. The normalized spacial score (nSPS) is 14.5. The van der Waals surface area contributed by atoms with Gasteiger partial charge in [0, 0.05) is 55.5 Å². The van der Waals surface area contributed by atoms with Gasteiger partial charge in [0.15, 0.2) is 0 Å². The smallest absolute Gasteiger partial charge is 0.222 e. The summed E-state index contributed by atoms with van der Waals surface area (Å²) in [5.74, 6) is 3.80. The quantitative estimate of drug-likeness (QED) is 0.606. The van der Waals surface area contributed by atoms with Crippen LogP contribution in [0.3, 0.4) is 0 Å². The van der Waals surface area contributed by atoms with E-state index in [-0.39, 0.29) is 11.8 Å². The van der Waals surface area contributed by atoms with E-state index in [4.69, 9.17) is 16.0 Å². The number of halogens is 1. The molecule has 0 fully saturated rings. The molecule has 1 aromatic carbocycles. The number of fused-ring (bicyclic) bond motifs is 1. The zero-order valence-electron chi connectivity index (χ0n) is 18.0. The molecule has 0 saturated carbocycles. The summed E-state index contributed by atoms with van der Waals surface area (Å²) in [7, 11) is 0. The Bertz CT molecular complexity index is 1030. The third-order valence-electron chi connectivity index (χ3n) is 5.54. The molecule has 164 valence electrons. The molecule has 1 amide bonds. The van der Waals surface area contributed by atoms with E-state index in [1.54, 1.807) is 0 Å². The van der Waals surface area contributed by atoms with E-state index >= 15 is 0 Å². The van der Waals surface area contributed by atoms with Crippen molar-refractivity contribution in [3.8, 4) is 11.3 Å². The molecule has 0 aliphatic carbocycles. The minimum absolute atomic E-state index is 0.00844. The molecule has 0 atom stereocenters. The fourth-order valence-electron chi connectivity index (χ4n) is 3.72. The molecule has 0 unspecified atom stereocenters. The molecule has 4 rings (SSSR count). The minimum atomic E-state index is -0.00844. The maximum atomic E-state index is 11.8. The number of amides is 1. The number of rotatable bonds is 7. The molecule has 0 bridgehead atoms. The largest absolute Gasteiger partial charge is 0.460 e. The minimum Gasteiger partial charge on any atom is -0.460 e. The van der Waals surface area contributed by atoms with Crippen molar-refractivity contribution in [1.29, 1.82) is 0 Å². The van der Waals surface area contributed by atoms with Gasteiger partial charge < -0.3 is 14.3 Å². The predicted molar refractivity (Wildman–Crippen MR) is 120 cm³/mol. The highest BCUT2D eigenvalue weighted by Crippen LogP contribution is 2.24. The molecule has 0 saturated heterocycles. The topological polar surface area (TPSA) is 76.2 Å². The van der Waals surface area contributed by atoms with Gasteiger partial charge in [-0.25, -0.2) is 0 Å². The van der Waals surface area contributed by atoms with Crippen LogP contribution in [0.4, 0.5) is 0 Å². The first kappa shape index (κ1) is 21.6. The maximum Gasteiger partial charge on any atom is 0.222 e. The van der Waals surface area contributed by atoms with Gasteiger partial charge in [-0.05, 0) is 36.4 Å². The highest BCUT2D eigenvalue weighted by molar-refractivity contribution is 6.30. The first-order valence-corrected chi connectivity index (χ1v) is 11.1. The summed E-state index contributed by atoms with van der Waals surface area (Å²) >= 11 is 5.98. The van der Waals surface area contributed by atoms with Crippen molar-refractivity contribution < 1.29 is 9.21 Å². The second-order valence-electron chi connectivity index (χ2n) is 8.18. The average Bonchev–Trinajstić information content (AvgIpc) is 3.32. The standard InChI is InChI=1S/C23H28ClN5O2/c1-16(2)23(30)25-11-9-21-26-27-22-10-12-28(13-14-29(21)22)15-19-7-8-20(31-19)17-3-5-18(24)6-4-17/h3-8,16H,9-15H2,1-2H3,(H,25,30). The lowest BCUT2D eigenvalue weighted by atomic mass is 10.2. The van der Waals surface area contributed by atoms with Crippen LogP contribution < -0.4 is 5.32 Å². The van der Waals surface area contributed by atoms with E-state index in [1.165, 1.54) is 0 Å². The molecule has 1 aliphatic rings. The lowest BCUT2D eigenvalue weighted by Crippen LogP contribution is -2.30. The van der Waals surface area contributed by atoms with Crippen molar-refractivity contribution in [2.75, 3.05) is 19.6 Å². The average molecular weight is 442 g/mol. The summed E-state index contributed by atoms with van der Waals surface area (Å²) < 4.78 is 8.27. The number of hydrogen-bond donors (Lipinski definition) is 1. The highest BCUT2D eigenvalue weighted by atomic mass is 35.5. The fraction of sp³-hybridized carbons (Fsp3) is 0.435. The maximum absolute atomic E-state index is 11.8.